The zero-order valence-corrected chi connectivity index (χ0v) is 11.6. The summed E-state index contributed by atoms with van der Waals surface area (Å²) in [6, 6.07) is 5.89. The number of nitro benzene ring substituents is 1. The van der Waals surface area contributed by atoms with Gasteiger partial charge in [-0.1, -0.05) is 0 Å². The second-order valence-electron chi connectivity index (χ2n) is 3.95. The van der Waals surface area contributed by atoms with Crippen molar-refractivity contribution in [2.75, 3.05) is 6.54 Å². The van der Waals surface area contributed by atoms with Crippen LogP contribution in [0.25, 0.3) is 0 Å². The third-order valence-corrected chi connectivity index (χ3v) is 3.48. The fourth-order valence-electron chi connectivity index (χ4n) is 1.34. The minimum absolute atomic E-state index is 0.00656. The molecule has 0 bridgehead atoms. The molecule has 1 atom stereocenters. The van der Waals surface area contributed by atoms with Gasteiger partial charge in [0.25, 0.3) is 5.69 Å². The van der Waals surface area contributed by atoms with E-state index in [1.54, 1.807) is 19.1 Å². The van der Waals surface area contributed by atoms with Crippen molar-refractivity contribution in [3.05, 3.63) is 34.4 Å². The van der Waals surface area contributed by atoms with E-state index < -0.39 is 16.1 Å². The van der Waals surface area contributed by atoms with Crippen LogP contribution in [0.4, 0.5) is 5.69 Å². The number of thioether (sulfide) groups is 1. The van der Waals surface area contributed by atoms with Crippen LogP contribution in [0.5, 0.6) is 0 Å². The molecule has 0 saturated heterocycles. The molecule has 0 fully saturated rings. The van der Waals surface area contributed by atoms with Crippen LogP contribution in [0.2, 0.25) is 0 Å². The first-order chi connectivity index (χ1) is 9.40. The standard InChI is InChI=1S/C12H14N2O5S/c1-8(12(17)13-7-6-11(15)16)20-10-4-2-9(3-5-10)14(18)19/h2-5,8H,6-7H2,1H3,(H,13,17)(H,15,16). The number of carbonyl (C=O) groups is 2. The fraction of sp³-hybridized carbons (Fsp3) is 0.333. The van der Waals surface area contributed by atoms with E-state index in [1.165, 1.54) is 23.9 Å². The van der Waals surface area contributed by atoms with Crippen LogP contribution in [0.15, 0.2) is 29.2 Å². The molecule has 0 aromatic heterocycles. The molecule has 0 aliphatic heterocycles. The molecule has 0 heterocycles. The zero-order valence-electron chi connectivity index (χ0n) is 10.7. The topological polar surface area (TPSA) is 110 Å². The summed E-state index contributed by atoms with van der Waals surface area (Å²) in [5.41, 5.74) is -0.00656. The summed E-state index contributed by atoms with van der Waals surface area (Å²) in [5, 5.41) is 21.1. The molecule has 7 nitrogen and oxygen atoms in total. The first-order valence-corrected chi connectivity index (χ1v) is 6.68. The summed E-state index contributed by atoms with van der Waals surface area (Å²) in [6.07, 6.45) is -0.124. The van der Waals surface area contributed by atoms with E-state index in [0.717, 1.165) is 4.90 Å². The monoisotopic (exact) mass is 298 g/mol. The van der Waals surface area contributed by atoms with E-state index in [2.05, 4.69) is 5.32 Å². The van der Waals surface area contributed by atoms with Gasteiger partial charge in [-0.05, 0) is 19.1 Å². The molecule has 1 aromatic rings. The minimum atomic E-state index is -0.971. The number of non-ortho nitro benzene ring substituents is 1. The number of aliphatic carboxylic acids is 1. The molecule has 0 spiro atoms. The molecule has 2 N–H and O–H groups in total. The molecule has 20 heavy (non-hydrogen) atoms. The van der Waals surface area contributed by atoms with Gasteiger partial charge in [0, 0.05) is 23.6 Å². The maximum absolute atomic E-state index is 11.7. The van der Waals surface area contributed by atoms with Crippen molar-refractivity contribution in [3.63, 3.8) is 0 Å². The van der Waals surface area contributed by atoms with Crippen molar-refractivity contribution in [2.45, 2.75) is 23.5 Å². The average Bonchev–Trinajstić information content (AvgIpc) is 2.38. The van der Waals surface area contributed by atoms with E-state index >= 15 is 0 Å². The van der Waals surface area contributed by atoms with Crippen LogP contribution >= 0.6 is 11.8 Å². The fourth-order valence-corrected chi connectivity index (χ4v) is 2.23. The molecule has 0 aliphatic rings. The lowest BCUT2D eigenvalue weighted by atomic mass is 10.3. The van der Waals surface area contributed by atoms with Crippen molar-refractivity contribution in [1.29, 1.82) is 0 Å². The second kappa shape index (κ2) is 7.49. The van der Waals surface area contributed by atoms with Gasteiger partial charge in [0.1, 0.15) is 0 Å². The van der Waals surface area contributed by atoms with Gasteiger partial charge in [-0.15, -0.1) is 11.8 Å². The van der Waals surface area contributed by atoms with Crippen LogP contribution in [-0.4, -0.2) is 33.7 Å². The van der Waals surface area contributed by atoms with Crippen LogP contribution < -0.4 is 5.32 Å². The highest BCUT2D eigenvalue weighted by molar-refractivity contribution is 8.00. The molecule has 0 aliphatic carbocycles. The van der Waals surface area contributed by atoms with Gasteiger partial charge in [-0.25, -0.2) is 0 Å². The number of carboxylic acid groups (broad SMARTS) is 1. The van der Waals surface area contributed by atoms with Gasteiger partial charge in [0.05, 0.1) is 16.6 Å². The Morgan fingerprint density at radius 2 is 2.00 bits per heavy atom. The summed E-state index contributed by atoms with van der Waals surface area (Å²) in [6.45, 7) is 1.77. The van der Waals surface area contributed by atoms with Gasteiger partial charge in [0.15, 0.2) is 0 Å². The Morgan fingerprint density at radius 1 is 1.40 bits per heavy atom. The highest BCUT2D eigenvalue weighted by Gasteiger charge is 2.15. The molecular formula is C12H14N2O5S. The smallest absolute Gasteiger partial charge is 0.305 e. The SMILES string of the molecule is CC(Sc1ccc([N+](=O)[O-])cc1)C(=O)NCCC(=O)O. The minimum Gasteiger partial charge on any atom is -0.481 e. The number of benzene rings is 1. The van der Waals surface area contributed by atoms with E-state index in [4.69, 9.17) is 5.11 Å². The molecule has 8 heteroatoms. The molecular weight excluding hydrogens is 284 g/mol. The molecule has 0 saturated carbocycles. The van der Waals surface area contributed by atoms with Crippen molar-refractivity contribution in [1.82, 2.24) is 5.32 Å². The maximum atomic E-state index is 11.7. The Labute approximate surface area is 119 Å². The van der Waals surface area contributed by atoms with Crippen LogP contribution in [0.1, 0.15) is 13.3 Å². The molecule has 108 valence electrons. The number of nitrogens with one attached hydrogen (secondary N) is 1. The molecule has 0 radical (unpaired) electrons. The number of nitrogens with zero attached hydrogens (tertiary/aromatic N) is 1. The Bertz CT molecular complexity index is 503. The van der Waals surface area contributed by atoms with E-state index in [-0.39, 0.29) is 24.6 Å². The molecule has 1 aromatic carbocycles. The number of carbonyl (C=O) groups excluding carboxylic acids is 1. The average molecular weight is 298 g/mol. The number of amides is 1. The lowest BCUT2D eigenvalue weighted by Crippen LogP contribution is -2.32. The molecule has 1 amide bonds. The summed E-state index contributed by atoms with van der Waals surface area (Å²) in [5.74, 6) is -1.24. The normalized spacial score (nSPS) is 11.7. The van der Waals surface area contributed by atoms with E-state index in [0.29, 0.717) is 0 Å². The Balaban J connectivity index is 2.48. The number of hydrogen-bond acceptors (Lipinski definition) is 5. The van der Waals surface area contributed by atoms with Crippen molar-refractivity contribution in [2.24, 2.45) is 0 Å². The highest BCUT2D eigenvalue weighted by Crippen LogP contribution is 2.25. The highest BCUT2D eigenvalue weighted by atomic mass is 32.2. The lowest BCUT2D eigenvalue weighted by molar-refractivity contribution is -0.384. The van der Waals surface area contributed by atoms with Crippen LogP contribution in [0, 0.1) is 10.1 Å². The molecule has 1 rings (SSSR count). The first kappa shape index (κ1) is 16.0. The van der Waals surface area contributed by atoms with E-state index in [9.17, 15) is 19.7 Å². The number of nitro groups is 1. The van der Waals surface area contributed by atoms with E-state index in [1.807, 2.05) is 0 Å². The maximum Gasteiger partial charge on any atom is 0.305 e. The van der Waals surface area contributed by atoms with Gasteiger partial charge in [-0.2, -0.15) is 0 Å². The Kier molecular flexibility index (Phi) is 5.98. The third kappa shape index (κ3) is 5.27. The Morgan fingerprint density at radius 3 is 2.50 bits per heavy atom. The molecule has 1 unspecified atom stereocenters. The van der Waals surface area contributed by atoms with Gasteiger partial charge in [-0.3, -0.25) is 19.7 Å². The lowest BCUT2D eigenvalue weighted by Gasteiger charge is -2.11. The van der Waals surface area contributed by atoms with Gasteiger partial charge in [0.2, 0.25) is 5.91 Å². The third-order valence-electron chi connectivity index (χ3n) is 2.37. The second-order valence-corrected chi connectivity index (χ2v) is 5.36. The number of rotatable bonds is 7. The summed E-state index contributed by atoms with van der Waals surface area (Å²) < 4.78 is 0. The van der Waals surface area contributed by atoms with Gasteiger partial charge < -0.3 is 10.4 Å². The summed E-state index contributed by atoms with van der Waals surface area (Å²) in [4.78, 5) is 32.7. The summed E-state index contributed by atoms with van der Waals surface area (Å²) in [7, 11) is 0. The summed E-state index contributed by atoms with van der Waals surface area (Å²) >= 11 is 1.25. The quantitative estimate of drug-likeness (QED) is 0.450. The van der Waals surface area contributed by atoms with Crippen molar-refractivity contribution >= 4 is 29.3 Å². The Hall–Kier alpha value is -2.09. The predicted octanol–water partition coefficient (Wildman–Crippen LogP) is 1.67. The van der Waals surface area contributed by atoms with Crippen LogP contribution in [0.3, 0.4) is 0 Å². The van der Waals surface area contributed by atoms with Gasteiger partial charge >= 0.3 is 5.97 Å². The zero-order chi connectivity index (χ0) is 15.1. The van der Waals surface area contributed by atoms with Crippen molar-refractivity contribution in [3.8, 4) is 0 Å². The largest absolute Gasteiger partial charge is 0.481 e. The number of hydrogen-bond donors (Lipinski definition) is 2. The van der Waals surface area contributed by atoms with Crippen molar-refractivity contribution < 1.29 is 19.6 Å². The first-order valence-electron chi connectivity index (χ1n) is 5.80. The predicted molar refractivity (Wildman–Crippen MR) is 73.7 cm³/mol. The van der Waals surface area contributed by atoms with Crippen LogP contribution in [-0.2, 0) is 9.59 Å². The number of carboxylic acids is 1.